The monoisotopic (exact) mass is 109 g/mol. The molecule has 0 unspecified atom stereocenters. The fourth-order valence-corrected chi connectivity index (χ4v) is 0.394. The molecule has 1 nitrogen and oxygen atoms in total. The number of nitrogens with zero attached hydrogens (tertiary/aromatic N) is 1. The number of allylic oxidation sites excluding steroid dienone is 1. The second-order valence-electron chi connectivity index (χ2n) is 1.47. The van der Waals surface area contributed by atoms with E-state index in [1.807, 2.05) is 6.08 Å². The molecule has 0 fully saturated rings. The van der Waals surface area contributed by atoms with E-state index in [0.717, 1.165) is 19.4 Å². The van der Waals surface area contributed by atoms with Crippen LogP contribution in [0.1, 0.15) is 12.8 Å². The molecule has 1 heteroatoms. The van der Waals surface area contributed by atoms with Crippen molar-refractivity contribution in [3.05, 3.63) is 19.2 Å². The second-order valence-corrected chi connectivity index (χ2v) is 1.47. The van der Waals surface area contributed by atoms with E-state index in [0.29, 0.717) is 0 Å². The SMILES string of the molecule is C=C=NCCCC=C. The standard InChI is InChI=1S/C7H11N/c1-3-5-6-7-8-4-2/h3H,1-2,5-7H2. The Kier molecular flexibility index (Phi) is 5.56. The molecule has 0 rings (SSSR count). The minimum absolute atomic E-state index is 0.829. The summed E-state index contributed by atoms with van der Waals surface area (Å²) >= 11 is 0. The lowest BCUT2D eigenvalue weighted by molar-refractivity contribution is 0.861. The highest BCUT2D eigenvalue weighted by Crippen LogP contribution is 1.87. The van der Waals surface area contributed by atoms with Crippen molar-refractivity contribution in [1.29, 1.82) is 0 Å². The zero-order valence-electron chi connectivity index (χ0n) is 5.06. The molecular weight excluding hydrogens is 98.1 g/mol. The van der Waals surface area contributed by atoms with Crippen molar-refractivity contribution in [3.63, 3.8) is 0 Å². The molecule has 0 aliphatic carbocycles. The van der Waals surface area contributed by atoms with Crippen LogP contribution in [0, 0.1) is 0 Å². The maximum Gasteiger partial charge on any atom is 0.0486 e. The first-order valence-electron chi connectivity index (χ1n) is 2.71. The van der Waals surface area contributed by atoms with Gasteiger partial charge in [0.1, 0.15) is 0 Å². The number of hydrogen-bond acceptors (Lipinski definition) is 1. The zero-order chi connectivity index (χ0) is 6.24. The Balaban J connectivity index is 2.93. The summed E-state index contributed by atoms with van der Waals surface area (Å²) in [4.78, 5) is 3.80. The molecule has 0 aliphatic heterocycles. The Labute approximate surface area is 50.4 Å². The summed E-state index contributed by atoms with van der Waals surface area (Å²) in [5.74, 6) is 2.47. The molecule has 0 aromatic rings. The molecule has 0 saturated heterocycles. The third-order valence-electron chi connectivity index (χ3n) is 0.790. The summed E-state index contributed by atoms with van der Waals surface area (Å²) in [6, 6.07) is 0. The van der Waals surface area contributed by atoms with E-state index in [-0.39, 0.29) is 0 Å². The Morgan fingerprint density at radius 1 is 1.62 bits per heavy atom. The highest BCUT2D eigenvalue weighted by Gasteiger charge is 1.75. The van der Waals surface area contributed by atoms with Gasteiger partial charge in [-0.15, -0.1) is 6.58 Å². The van der Waals surface area contributed by atoms with Gasteiger partial charge in [-0.2, -0.15) is 0 Å². The van der Waals surface area contributed by atoms with Gasteiger partial charge in [-0.05, 0) is 25.3 Å². The summed E-state index contributed by atoms with van der Waals surface area (Å²) in [5, 5.41) is 0. The maximum absolute atomic E-state index is 3.80. The van der Waals surface area contributed by atoms with Crippen molar-refractivity contribution in [1.82, 2.24) is 0 Å². The largest absolute Gasteiger partial charge is 0.244 e. The average Bonchev–Trinajstić information content (AvgIpc) is 1.81. The van der Waals surface area contributed by atoms with E-state index < -0.39 is 0 Å². The van der Waals surface area contributed by atoms with Gasteiger partial charge in [0, 0.05) is 6.54 Å². The summed E-state index contributed by atoms with van der Waals surface area (Å²) in [6.45, 7) is 7.75. The van der Waals surface area contributed by atoms with Crippen molar-refractivity contribution in [2.75, 3.05) is 6.54 Å². The van der Waals surface area contributed by atoms with E-state index in [1.54, 1.807) is 0 Å². The van der Waals surface area contributed by atoms with Gasteiger partial charge in [-0.1, -0.05) is 6.08 Å². The lowest BCUT2D eigenvalue weighted by atomic mass is 10.3. The first-order valence-corrected chi connectivity index (χ1v) is 2.71. The van der Waals surface area contributed by atoms with Crippen LogP contribution in [-0.4, -0.2) is 12.4 Å². The Hall–Kier alpha value is -0.810. The highest BCUT2D eigenvalue weighted by atomic mass is 14.7. The van der Waals surface area contributed by atoms with Gasteiger partial charge >= 0.3 is 0 Å². The van der Waals surface area contributed by atoms with Crippen molar-refractivity contribution in [2.45, 2.75) is 12.8 Å². The van der Waals surface area contributed by atoms with Crippen LogP contribution in [0.3, 0.4) is 0 Å². The summed E-state index contributed by atoms with van der Waals surface area (Å²) in [6.07, 6.45) is 3.98. The second kappa shape index (κ2) is 6.19. The minimum atomic E-state index is 0.829. The fraction of sp³-hybridized carbons (Fsp3) is 0.429. The van der Waals surface area contributed by atoms with Gasteiger partial charge in [0.2, 0.25) is 0 Å². The molecule has 0 aromatic heterocycles. The quantitative estimate of drug-likeness (QED) is 0.296. The summed E-state index contributed by atoms with van der Waals surface area (Å²) < 4.78 is 0. The average molecular weight is 109 g/mol. The van der Waals surface area contributed by atoms with Crippen molar-refractivity contribution in [3.8, 4) is 0 Å². The molecule has 8 heavy (non-hydrogen) atoms. The third-order valence-corrected chi connectivity index (χ3v) is 0.790. The predicted molar refractivity (Wildman–Crippen MR) is 37.4 cm³/mol. The Morgan fingerprint density at radius 3 is 2.88 bits per heavy atom. The van der Waals surface area contributed by atoms with Gasteiger partial charge in [0.15, 0.2) is 0 Å². The maximum atomic E-state index is 3.80. The third kappa shape index (κ3) is 5.19. The van der Waals surface area contributed by atoms with Gasteiger partial charge in [-0.3, -0.25) is 0 Å². The van der Waals surface area contributed by atoms with Crippen LogP contribution in [0.4, 0.5) is 0 Å². The topological polar surface area (TPSA) is 12.4 Å². The number of aliphatic imine (C=N–C) groups is 1. The highest BCUT2D eigenvalue weighted by molar-refractivity contribution is 5.46. The number of rotatable bonds is 4. The van der Waals surface area contributed by atoms with Crippen molar-refractivity contribution < 1.29 is 0 Å². The first kappa shape index (κ1) is 7.19. The molecule has 0 aliphatic rings. The van der Waals surface area contributed by atoms with Crippen molar-refractivity contribution >= 4 is 5.87 Å². The predicted octanol–water partition coefficient (Wildman–Crippen LogP) is 1.81. The molecule has 0 bridgehead atoms. The van der Waals surface area contributed by atoms with E-state index in [9.17, 15) is 0 Å². The van der Waals surface area contributed by atoms with E-state index in [2.05, 4.69) is 24.0 Å². The zero-order valence-corrected chi connectivity index (χ0v) is 5.06. The molecule has 0 N–H and O–H groups in total. The molecule has 0 radical (unpaired) electrons. The molecule has 0 saturated carbocycles. The van der Waals surface area contributed by atoms with Crippen LogP contribution in [-0.2, 0) is 0 Å². The summed E-state index contributed by atoms with van der Waals surface area (Å²) in [7, 11) is 0. The fourth-order valence-electron chi connectivity index (χ4n) is 0.394. The molecule has 0 spiro atoms. The van der Waals surface area contributed by atoms with Crippen LogP contribution >= 0.6 is 0 Å². The molecule has 0 heterocycles. The van der Waals surface area contributed by atoms with Crippen LogP contribution in [0.2, 0.25) is 0 Å². The summed E-state index contributed by atoms with van der Waals surface area (Å²) in [5.41, 5.74) is 0. The van der Waals surface area contributed by atoms with E-state index >= 15 is 0 Å². The molecule has 0 aromatic carbocycles. The van der Waals surface area contributed by atoms with Crippen LogP contribution in [0.15, 0.2) is 24.2 Å². The van der Waals surface area contributed by atoms with Crippen LogP contribution < -0.4 is 0 Å². The lowest BCUT2D eigenvalue weighted by Crippen LogP contribution is -1.75. The van der Waals surface area contributed by atoms with Gasteiger partial charge < -0.3 is 0 Å². The van der Waals surface area contributed by atoms with Gasteiger partial charge in [-0.25, -0.2) is 4.99 Å². The molecule has 44 valence electrons. The molecular formula is C7H11N. The Morgan fingerprint density at radius 2 is 2.38 bits per heavy atom. The lowest BCUT2D eigenvalue weighted by Gasteiger charge is -1.84. The van der Waals surface area contributed by atoms with Crippen LogP contribution in [0.25, 0.3) is 0 Å². The van der Waals surface area contributed by atoms with E-state index in [4.69, 9.17) is 0 Å². The van der Waals surface area contributed by atoms with Crippen LogP contribution in [0.5, 0.6) is 0 Å². The van der Waals surface area contributed by atoms with Gasteiger partial charge in [0.25, 0.3) is 0 Å². The first-order chi connectivity index (χ1) is 3.91. The number of unbranched alkanes of at least 4 members (excludes halogenated alkanes) is 1. The van der Waals surface area contributed by atoms with Crippen molar-refractivity contribution in [2.24, 2.45) is 4.99 Å². The normalized spacial score (nSPS) is 7.50. The molecule has 0 atom stereocenters. The molecule has 0 amide bonds. The minimum Gasteiger partial charge on any atom is -0.244 e. The number of hydrogen-bond donors (Lipinski definition) is 0. The van der Waals surface area contributed by atoms with Gasteiger partial charge in [0.05, 0.1) is 0 Å². The van der Waals surface area contributed by atoms with E-state index in [1.165, 1.54) is 0 Å². The smallest absolute Gasteiger partial charge is 0.0486 e. The Bertz CT molecular complexity index is 99.0.